The van der Waals surface area contributed by atoms with Gasteiger partial charge in [-0.05, 0) is 42.7 Å². The number of methoxy groups -OCH3 is 3. The lowest BCUT2D eigenvalue weighted by molar-refractivity contribution is -0.122. The summed E-state index contributed by atoms with van der Waals surface area (Å²) in [5.41, 5.74) is 2.45. The number of aromatic nitrogens is 3. The predicted molar refractivity (Wildman–Crippen MR) is 171 cm³/mol. The Hall–Kier alpha value is -4.90. The van der Waals surface area contributed by atoms with Crippen LogP contribution in [0.1, 0.15) is 24.0 Å². The molecule has 11 heteroatoms. The summed E-state index contributed by atoms with van der Waals surface area (Å²) < 4.78 is 18.2. The first-order chi connectivity index (χ1) is 21.5. The average Bonchev–Trinajstić information content (AvgIpc) is 3.73. The molecule has 1 atom stereocenters. The molecule has 5 aromatic rings. The van der Waals surface area contributed by atoms with Gasteiger partial charge >= 0.3 is 0 Å². The zero-order valence-corrected chi connectivity index (χ0v) is 25.6. The summed E-state index contributed by atoms with van der Waals surface area (Å²) in [5, 5.41) is 3.67. The molecule has 1 aliphatic rings. The van der Waals surface area contributed by atoms with E-state index in [0.717, 1.165) is 17.5 Å². The van der Waals surface area contributed by atoms with E-state index in [4.69, 9.17) is 24.2 Å². The van der Waals surface area contributed by atoms with Crippen molar-refractivity contribution in [2.24, 2.45) is 0 Å². The molecule has 3 heterocycles. The number of para-hydroxylation sites is 1. The number of thiazole rings is 1. The smallest absolute Gasteiger partial charge is 0.281 e. The highest BCUT2D eigenvalue weighted by Gasteiger charge is 2.33. The van der Waals surface area contributed by atoms with Gasteiger partial charge in [0, 0.05) is 24.7 Å². The van der Waals surface area contributed by atoms with Crippen molar-refractivity contribution < 1.29 is 19.0 Å². The Labute approximate surface area is 258 Å². The Bertz CT molecular complexity index is 1860. The Kier molecular flexibility index (Phi) is 8.47. The van der Waals surface area contributed by atoms with Gasteiger partial charge in [-0.3, -0.25) is 14.2 Å². The maximum atomic E-state index is 14.2. The van der Waals surface area contributed by atoms with Crippen LogP contribution >= 0.6 is 11.3 Å². The predicted octanol–water partition coefficient (Wildman–Crippen LogP) is 4.88. The quantitative estimate of drug-likeness (QED) is 0.238. The number of nitrogens with one attached hydrogen (secondary N) is 1. The zero-order valence-electron chi connectivity index (χ0n) is 24.8. The Balaban J connectivity index is 1.40. The number of nitrogens with zero attached hydrogens (tertiary/aromatic N) is 4. The molecule has 1 saturated heterocycles. The van der Waals surface area contributed by atoms with Crippen LogP contribution in [0.25, 0.3) is 21.7 Å². The van der Waals surface area contributed by atoms with Crippen LogP contribution in [-0.4, -0.2) is 54.4 Å². The molecule has 1 amide bonds. The van der Waals surface area contributed by atoms with Crippen molar-refractivity contribution in [3.05, 3.63) is 94.3 Å². The number of carbonyl (C=O) groups excluding carboxylic acids is 1. The van der Waals surface area contributed by atoms with Gasteiger partial charge in [0.25, 0.3) is 5.56 Å². The number of benzene rings is 3. The summed E-state index contributed by atoms with van der Waals surface area (Å²) in [5.74, 6) is 2.22. The second kappa shape index (κ2) is 12.8. The molecule has 1 N–H and O–H groups in total. The van der Waals surface area contributed by atoms with Crippen molar-refractivity contribution in [3.8, 4) is 28.6 Å². The maximum Gasteiger partial charge on any atom is 0.281 e. The van der Waals surface area contributed by atoms with E-state index in [1.165, 1.54) is 11.3 Å². The third-order valence-corrected chi connectivity index (χ3v) is 8.78. The molecule has 0 radical (unpaired) electrons. The van der Waals surface area contributed by atoms with Crippen molar-refractivity contribution in [1.82, 2.24) is 19.9 Å². The first kappa shape index (κ1) is 29.2. The van der Waals surface area contributed by atoms with Crippen LogP contribution in [0.4, 0.5) is 5.13 Å². The second-order valence-electron chi connectivity index (χ2n) is 10.4. The number of hydrogen-bond donors (Lipinski definition) is 1. The molecule has 0 unspecified atom stereocenters. The number of anilines is 1. The minimum atomic E-state index is -0.376. The van der Waals surface area contributed by atoms with Crippen LogP contribution in [0.15, 0.2) is 77.6 Å². The SMILES string of the molecule is COc1ccc(Cn2c(-c3ccccc3OC)nc3sc(N4CCC[C@@H]4C(=O)NCc4ccccc4)nc3c2=O)c(OC)c1. The molecule has 1 aliphatic heterocycles. The summed E-state index contributed by atoms with van der Waals surface area (Å²) in [6, 6.07) is 22.4. The first-order valence-corrected chi connectivity index (χ1v) is 15.2. The average molecular weight is 612 g/mol. The highest BCUT2D eigenvalue weighted by atomic mass is 32.1. The van der Waals surface area contributed by atoms with E-state index >= 15 is 0 Å². The maximum absolute atomic E-state index is 14.2. The van der Waals surface area contributed by atoms with Gasteiger partial charge in [0.05, 0.1) is 33.4 Å². The number of ether oxygens (including phenoxy) is 3. The number of amides is 1. The monoisotopic (exact) mass is 611 g/mol. The van der Waals surface area contributed by atoms with Crippen LogP contribution < -0.4 is 30.0 Å². The van der Waals surface area contributed by atoms with E-state index in [0.29, 0.717) is 58.1 Å². The molecule has 10 nitrogen and oxygen atoms in total. The lowest BCUT2D eigenvalue weighted by Gasteiger charge is -2.23. The molecule has 2 aromatic heterocycles. The molecule has 0 saturated carbocycles. The van der Waals surface area contributed by atoms with E-state index in [-0.39, 0.29) is 29.6 Å². The van der Waals surface area contributed by atoms with Gasteiger partial charge in [-0.15, -0.1) is 0 Å². The fraction of sp³-hybridized carbons (Fsp3) is 0.273. The molecule has 226 valence electrons. The highest BCUT2D eigenvalue weighted by molar-refractivity contribution is 7.21. The van der Waals surface area contributed by atoms with Gasteiger partial charge in [-0.1, -0.05) is 53.8 Å². The van der Waals surface area contributed by atoms with Crippen molar-refractivity contribution in [3.63, 3.8) is 0 Å². The molecular weight excluding hydrogens is 578 g/mol. The van der Waals surface area contributed by atoms with E-state index < -0.39 is 0 Å². The Morgan fingerprint density at radius 3 is 2.50 bits per heavy atom. The topological polar surface area (TPSA) is 108 Å². The molecule has 0 bridgehead atoms. The molecule has 1 fully saturated rings. The molecule has 3 aromatic carbocycles. The van der Waals surface area contributed by atoms with Gasteiger partial charge in [-0.25, -0.2) is 9.97 Å². The van der Waals surface area contributed by atoms with Crippen LogP contribution in [0.5, 0.6) is 17.2 Å². The summed E-state index contributed by atoms with van der Waals surface area (Å²) in [6.07, 6.45) is 1.55. The number of carbonyl (C=O) groups is 1. The van der Waals surface area contributed by atoms with Crippen LogP contribution in [0.3, 0.4) is 0 Å². The zero-order chi connectivity index (χ0) is 30.6. The molecule has 44 heavy (non-hydrogen) atoms. The van der Waals surface area contributed by atoms with Crippen molar-refractivity contribution in [2.75, 3.05) is 32.8 Å². The Morgan fingerprint density at radius 2 is 1.73 bits per heavy atom. The molecule has 0 aliphatic carbocycles. The summed E-state index contributed by atoms with van der Waals surface area (Å²) >= 11 is 1.32. The third kappa shape index (κ3) is 5.70. The summed E-state index contributed by atoms with van der Waals surface area (Å²) in [6.45, 7) is 1.30. The van der Waals surface area contributed by atoms with Crippen LogP contribution in [-0.2, 0) is 17.9 Å². The van der Waals surface area contributed by atoms with Gasteiger partial charge in [-0.2, -0.15) is 0 Å². The van der Waals surface area contributed by atoms with Gasteiger partial charge < -0.3 is 24.4 Å². The van der Waals surface area contributed by atoms with Gasteiger partial charge in [0.2, 0.25) is 5.91 Å². The molecule has 0 spiro atoms. The second-order valence-corrected chi connectivity index (χ2v) is 11.4. The lowest BCUT2D eigenvalue weighted by atomic mass is 10.1. The van der Waals surface area contributed by atoms with E-state index in [2.05, 4.69) is 5.32 Å². The highest BCUT2D eigenvalue weighted by Crippen LogP contribution is 2.35. The van der Waals surface area contributed by atoms with Gasteiger partial charge in [0.15, 0.2) is 15.5 Å². The molecule has 6 rings (SSSR count). The minimum absolute atomic E-state index is 0.0581. The fourth-order valence-corrected chi connectivity index (χ4v) is 6.53. The third-order valence-electron chi connectivity index (χ3n) is 7.79. The van der Waals surface area contributed by atoms with Crippen molar-refractivity contribution >= 4 is 32.7 Å². The van der Waals surface area contributed by atoms with Crippen molar-refractivity contribution in [1.29, 1.82) is 0 Å². The van der Waals surface area contributed by atoms with E-state index in [1.54, 1.807) is 32.0 Å². The Morgan fingerprint density at radius 1 is 0.955 bits per heavy atom. The minimum Gasteiger partial charge on any atom is -0.497 e. The number of hydrogen-bond acceptors (Lipinski definition) is 9. The van der Waals surface area contributed by atoms with Crippen molar-refractivity contribution in [2.45, 2.75) is 32.0 Å². The number of fused-ring (bicyclic) bond motifs is 1. The standard InChI is InChI=1S/C33H33N5O5S/c1-41-23-16-15-22(27(18-23)43-3)20-38-29(24-12-7-8-14-26(24)42-2)36-31-28(32(38)40)35-33(44-31)37-17-9-13-25(37)30(39)34-19-21-10-5-4-6-11-21/h4-8,10-12,14-16,18,25H,9,13,17,19-20H2,1-3H3,(H,34,39)/t25-/m1/s1. The molecular formula is C33H33N5O5S. The normalized spacial score (nSPS) is 14.5. The van der Waals surface area contributed by atoms with E-state index in [9.17, 15) is 9.59 Å². The summed E-state index contributed by atoms with van der Waals surface area (Å²) in [7, 11) is 4.76. The fourth-order valence-electron chi connectivity index (χ4n) is 5.53. The summed E-state index contributed by atoms with van der Waals surface area (Å²) in [4.78, 5) is 39.7. The lowest BCUT2D eigenvalue weighted by Crippen LogP contribution is -2.43. The van der Waals surface area contributed by atoms with Gasteiger partial charge in [0.1, 0.15) is 29.1 Å². The largest absolute Gasteiger partial charge is 0.497 e. The van der Waals surface area contributed by atoms with Crippen LogP contribution in [0.2, 0.25) is 0 Å². The van der Waals surface area contributed by atoms with Crippen LogP contribution in [0, 0.1) is 0 Å². The van der Waals surface area contributed by atoms with E-state index in [1.807, 2.05) is 71.6 Å². The first-order valence-electron chi connectivity index (χ1n) is 14.3. The number of rotatable bonds is 10.